The van der Waals surface area contributed by atoms with Gasteiger partial charge in [-0.15, -0.1) is 0 Å². The first-order valence-corrected chi connectivity index (χ1v) is 8.87. The van der Waals surface area contributed by atoms with Gasteiger partial charge in [0, 0.05) is 18.9 Å². The monoisotopic (exact) mass is 376 g/mol. The zero-order chi connectivity index (χ0) is 19.6. The molecule has 1 heterocycles. The zero-order valence-corrected chi connectivity index (χ0v) is 15.0. The lowest BCUT2D eigenvalue weighted by Gasteiger charge is -2.29. The summed E-state index contributed by atoms with van der Waals surface area (Å²) in [6, 6.07) is 21.0. The lowest BCUT2D eigenvalue weighted by atomic mass is 9.85. The third-order valence-corrected chi connectivity index (χ3v) is 4.76. The average Bonchev–Trinajstić information content (AvgIpc) is 3.18. The Morgan fingerprint density at radius 1 is 0.786 bits per heavy atom. The van der Waals surface area contributed by atoms with Gasteiger partial charge >= 0.3 is 0 Å². The van der Waals surface area contributed by atoms with Crippen molar-refractivity contribution in [2.24, 2.45) is 0 Å². The minimum absolute atomic E-state index is 0.370. The van der Waals surface area contributed by atoms with E-state index in [9.17, 15) is 13.9 Å². The molecule has 0 atom stereocenters. The highest BCUT2D eigenvalue weighted by Crippen LogP contribution is 2.36. The molecule has 0 fully saturated rings. The first kappa shape index (κ1) is 18.1. The highest BCUT2D eigenvalue weighted by molar-refractivity contribution is 5.43. The number of aliphatic hydroxyl groups is 1. The number of nitrogens with zero attached hydrogens (tertiary/aromatic N) is 2. The van der Waals surface area contributed by atoms with Crippen molar-refractivity contribution in [3.05, 3.63) is 125 Å². The number of halogens is 2. The molecule has 0 unspecified atom stereocenters. The van der Waals surface area contributed by atoms with Crippen LogP contribution in [0, 0.1) is 11.6 Å². The Labute approximate surface area is 161 Å². The number of aromatic nitrogens is 2. The third kappa shape index (κ3) is 3.32. The lowest BCUT2D eigenvalue weighted by Crippen LogP contribution is -2.33. The molecular weight excluding hydrogens is 358 g/mol. The van der Waals surface area contributed by atoms with Crippen LogP contribution in [0.3, 0.4) is 0 Å². The van der Waals surface area contributed by atoms with Crippen molar-refractivity contribution in [1.82, 2.24) is 9.55 Å². The summed E-state index contributed by atoms with van der Waals surface area (Å²) in [6.07, 6.45) is 3.39. The van der Waals surface area contributed by atoms with Crippen LogP contribution in [-0.4, -0.2) is 14.7 Å². The largest absolute Gasteiger partial charge is 0.373 e. The predicted octanol–water partition coefficient (Wildman–Crippen LogP) is 4.49. The smallest absolute Gasteiger partial charge is 0.173 e. The molecule has 0 amide bonds. The summed E-state index contributed by atoms with van der Waals surface area (Å²) in [5.74, 6) is -0.440. The second-order valence-corrected chi connectivity index (χ2v) is 6.59. The van der Waals surface area contributed by atoms with E-state index in [2.05, 4.69) is 4.98 Å². The summed E-state index contributed by atoms with van der Waals surface area (Å²) in [5, 5.41) is 11.8. The van der Waals surface area contributed by atoms with Crippen molar-refractivity contribution < 1.29 is 13.9 Å². The fraction of sp³-hybridized carbons (Fsp3) is 0.0870. The van der Waals surface area contributed by atoms with Crippen molar-refractivity contribution >= 4 is 0 Å². The second-order valence-electron chi connectivity index (χ2n) is 6.59. The Bertz CT molecular complexity index is 1010. The van der Waals surface area contributed by atoms with Crippen LogP contribution in [0.1, 0.15) is 22.5 Å². The van der Waals surface area contributed by atoms with Gasteiger partial charge in [-0.05, 0) is 41.0 Å². The molecule has 3 nitrogen and oxygen atoms in total. The zero-order valence-electron chi connectivity index (χ0n) is 15.0. The van der Waals surface area contributed by atoms with E-state index in [-0.39, 0.29) is 0 Å². The molecule has 0 aliphatic rings. The summed E-state index contributed by atoms with van der Waals surface area (Å²) in [7, 11) is 0. The van der Waals surface area contributed by atoms with Gasteiger partial charge in [-0.1, -0.05) is 54.6 Å². The van der Waals surface area contributed by atoms with Crippen LogP contribution in [0.2, 0.25) is 0 Å². The summed E-state index contributed by atoms with van der Waals surface area (Å²) in [6.45, 7) is 0.501. The standard InChI is InChI=1S/C23H18F2N2O/c24-20-10-6-18(7-11-20)23(28,19-8-12-21(25)13-9-19)22-26-14-15-27(22)16-17-4-2-1-3-5-17/h1-15,28H,16H2. The van der Waals surface area contributed by atoms with Gasteiger partial charge in [0.1, 0.15) is 11.6 Å². The number of hydrogen-bond donors (Lipinski definition) is 1. The number of benzene rings is 3. The highest BCUT2D eigenvalue weighted by Gasteiger charge is 2.38. The maximum atomic E-state index is 13.5. The van der Waals surface area contributed by atoms with Gasteiger partial charge in [-0.25, -0.2) is 13.8 Å². The van der Waals surface area contributed by atoms with E-state index < -0.39 is 17.2 Å². The van der Waals surface area contributed by atoms with Gasteiger partial charge in [0.05, 0.1) is 0 Å². The predicted molar refractivity (Wildman–Crippen MR) is 103 cm³/mol. The number of hydrogen-bond acceptors (Lipinski definition) is 2. The molecule has 0 spiro atoms. The summed E-state index contributed by atoms with van der Waals surface area (Å²) in [4.78, 5) is 4.41. The molecule has 4 rings (SSSR count). The van der Waals surface area contributed by atoms with Crippen molar-refractivity contribution in [1.29, 1.82) is 0 Å². The molecule has 0 radical (unpaired) electrons. The van der Waals surface area contributed by atoms with Gasteiger partial charge in [0.25, 0.3) is 0 Å². The van der Waals surface area contributed by atoms with Crippen LogP contribution >= 0.6 is 0 Å². The Morgan fingerprint density at radius 2 is 1.32 bits per heavy atom. The molecule has 0 saturated carbocycles. The van der Waals surface area contributed by atoms with E-state index in [1.165, 1.54) is 48.5 Å². The molecule has 0 aliphatic heterocycles. The minimum atomic E-state index is -1.67. The molecule has 1 N–H and O–H groups in total. The minimum Gasteiger partial charge on any atom is -0.373 e. The van der Waals surface area contributed by atoms with E-state index in [4.69, 9.17) is 0 Å². The molecule has 4 aromatic rings. The molecular formula is C23H18F2N2O. The maximum absolute atomic E-state index is 13.5. The number of rotatable bonds is 5. The van der Waals surface area contributed by atoms with Crippen LogP contribution in [-0.2, 0) is 12.1 Å². The van der Waals surface area contributed by atoms with Crippen molar-refractivity contribution in [2.75, 3.05) is 0 Å². The SMILES string of the molecule is OC(c1ccc(F)cc1)(c1ccc(F)cc1)c1nccn1Cc1ccccc1. The summed E-state index contributed by atoms with van der Waals surface area (Å²) < 4.78 is 28.8. The van der Waals surface area contributed by atoms with E-state index in [0.29, 0.717) is 23.5 Å². The quantitative estimate of drug-likeness (QED) is 0.557. The van der Waals surface area contributed by atoms with Gasteiger partial charge in [0.15, 0.2) is 11.4 Å². The molecule has 0 aliphatic carbocycles. The van der Waals surface area contributed by atoms with Gasteiger partial charge in [-0.3, -0.25) is 0 Å². The Morgan fingerprint density at radius 3 is 1.86 bits per heavy atom. The van der Waals surface area contributed by atoms with Crippen LogP contribution in [0.4, 0.5) is 8.78 Å². The van der Waals surface area contributed by atoms with Gasteiger partial charge in [-0.2, -0.15) is 0 Å². The Hall–Kier alpha value is -3.31. The molecule has 5 heteroatoms. The Balaban J connectivity index is 1.86. The van der Waals surface area contributed by atoms with E-state index in [1.54, 1.807) is 12.4 Å². The maximum Gasteiger partial charge on any atom is 0.173 e. The lowest BCUT2D eigenvalue weighted by molar-refractivity contribution is 0.111. The number of imidazole rings is 1. The highest BCUT2D eigenvalue weighted by atomic mass is 19.1. The van der Waals surface area contributed by atoms with Crippen molar-refractivity contribution in [3.8, 4) is 0 Å². The Kier molecular flexibility index (Phi) is 4.75. The van der Waals surface area contributed by atoms with E-state index in [0.717, 1.165) is 5.56 Å². The van der Waals surface area contributed by atoms with E-state index in [1.807, 2.05) is 34.9 Å². The molecule has 1 aromatic heterocycles. The van der Waals surface area contributed by atoms with Crippen LogP contribution in [0.25, 0.3) is 0 Å². The molecule has 0 bridgehead atoms. The first-order chi connectivity index (χ1) is 13.6. The molecule has 3 aromatic carbocycles. The summed E-state index contributed by atoms with van der Waals surface area (Å²) in [5.41, 5.74) is 0.268. The first-order valence-electron chi connectivity index (χ1n) is 8.87. The van der Waals surface area contributed by atoms with Crippen LogP contribution < -0.4 is 0 Å². The molecule has 28 heavy (non-hydrogen) atoms. The molecule has 140 valence electrons. The topological polar surface area (TPSA) is 38.1 Å². The van der Waals surface area contributed by atoms with Crippen LogP contribution in [0.5, 0.6) is 0 Å². The fourth-order valence-corrected chi connectivity index (χ4v) is 3.35. The molecule has 0 saturated heterocycles. The fourth-order valence-electron chi connectivity index (χ4n) is 3.35. The second kappa shape index (κ2) is 7.37. The normalized spacial score (nSPS) is 11.5. The third-order valence-electron chi connectivity index (χ3n) is 4.76. The van der Waals surface area contributed by atoms with E-state index >= 15 is 0 Å². The van der Waals surface area contributed by atoms with Gasteiger partial charge in [0.2, 0.25) is 0 Å². The van der Waals surface area contributed by atoms with Crippen molar-refractivity contribution in [2.45, 2.75) is 12.1 Å². The van der Waals surface area contributed by atoms with Crippen molar-refractivity contribution in [3.63, 3.8) is 0 Å². The van der Waals surface area contributed by atoms with Crippen LogP contribution in [0.15, 0.2) is 91.3 Å². The summed E-state index contributed by atoms with van der Waals surface area (Å²) >= 11 is 0. The van der Waals surface area contributed by atoms with Gasteiger partial charge < -0.3 is 9.67 Å². The average molecular weight is 376 g/mol.